The molecule has 8 nitrogen and oxygen atoms in total. The molecule has 2 aromatic carbocycles. The number of anilines is 1. The van der Waals surface area contributed by atoms with E-state index in [1.54, 1.807) is 18.2 Å². The number of nitrogens with one attached hydrogen (secondary N) is 1. The highest BCUT2D eigenvalue weighted by atomic mass is 16.6. The summed E-state index contributed by atoms with van der Waals surface area (Å²) < 4.78 is 0. The Hall–Kier alpha value is -3.99. The van der Waals surface area contributed by atoms with Crippen LogP contribution >= 0.6 is 0 Å². The van der Waals surface area contributed by atoms with E-state index in [4.69, 9.17) is 0 Å². The van der Waals surface area contributed by atoms with Crippen molar-refractivity contribution in [2.45, 2.75) is 0 Å². The van der Waals surface area contributed by atoms with Crippen LogP contribution in [0.1, 0.15) is 11.1 Å². The topological polar surface area (TPSA) is 112 Å². The zero-order valence-corrected chi connectivity index (χ0v) is 14.8. The van der Waals surface area contributed by atoms with Crippen molar-refractivity contribution in [2.24, 2.45) is 5.10 Å². The van der Waals surface area contributed by atoms with Crippen molar-refractivity contribution in [1.29, 1.82) is 5.26 Å². The molecule has 0 saturated carbocycles. The van der Waals surface area contributed by atoms with Crippen LogP contribution in [-0.4, -0.2) is 31.1 Å². The first-order chi connectivity index (χ1) is 12.9. The van der Waals surface area contributed by atoms with E-state index in [0.29, 0.717) is 5.56 Å². The Kier molecular flexibility index (Phi) is 6.39. The molecule has 2 aromatic rings. The second kappa shape index (κ2) is 8.92. The molecular formula is C19H17N5O3. The summed E-state index contributed by atoms with van der Waals surface area (Å²) in [5, 5.41) is 23.9. The second-order valence-corrected chi connectivity index (χ2v) is 5.67. The Morgan fingerprint density at radius 1 is 1.22 bits per heavy atom. The number of carbonyl (C=O) groups is 1. The van der Waals surface area contributed by atoms with Crippen molar-refractivity contribution in [3.8, 4) is 6.07 Å². The fourth-order valence-electron chi connectivity index (χ4n) is 2.17. The van der Waals surface area contributed by atoms with Crippen LogP contribution < -0.4 is 10.3 Å². The maximum absolute atomic E-state index is 12.1. The third kappa shape index (κ3) is 5.24. The number of hydrogen-bond donors (Lipinski definition) is 1. The van der Waals surface area contributed by atoms with Gasteiger partial charge in [-0.25, -0.2) is 5.43 Å². The lowest BCUT2D eigenvalue weighted by atomic mass is 10.1. The fourth-order valence-corrected chi connectivity index (χ4v) is 2.17. The predicted octanol–water partition coefficient (Wildman–Crippen LogP) is 2.72. The summed E-state index contributed by atoms with van der Waals surface area (Å²) in [5.74, 6) is -0.705. The Labute approximate surface area is 156 Å². The highest BCUT2D eigenvalue weighted by Crippen LogP contribution is 2.16. The molecule has 0 saturated heterocycles. The quantitative estimate of drug-likeness (QED) is 0.279. The van der Waals surface area contributed by atoms with Gasteiger partial charge in [-0.05, 0) is 29.8 Å². The number of hydrogen-bond acceptors (Lipinski definition) is 6. The van der Waals surface area contributed by atoms with Crippen LogP contribution in [0.2, 0.25) is 0 Å². The molecule has 0 radical (unpaired) electrons. The average Bonchev–Trinajstić information content (AvgIpc) is 2.66. The molecule has 0 aliphatic rings. The van der Waals surface area contributed by atoms with E-state index in [9.17, 15) is 20.2 Å². The number of amides is 1. The van der Waals surface area contributed by atoms with Crippen LogP contribution in [-0.2, 0) is 4.79 Å². The standard InChI is InChI=1S/C19H17N5O3/c1-23(2)17-9-7-14(8-10-17)11-16(12-20)19(25)22-21-13-15-5-3-4-6-18(15)24(26)27/h3-11,13H,1-2H3,(H,22,25). The van der Waals surface area contributed by atoms with Gasteiger partial charge >= 0.3 is 0 Å². The van der Waals surface area contributed by atoms with Gasteiger partial charge < -0.3 is 4.90 Å². The summed E-state index contributed by atoms with van der Waals surface area (Å²) in [6.07, 6.45) is 2.60. The zero-order valence-electron chi connectivity index (χ0n) is 14.8. The molecule has 0 fully saturated rings. The predicted molar refractivity (Wildman–Crippen MR) is 103 cm³/mol. The van der Waals surface area contributed by atoms with E-state index in [1.807, 2.05) is 37.2 Å². The third-order valence-electron chi connectivity index (χ3n) is 3.59. The number of nitrogens with zero attached hydrogens (tertiary/aromatic N) is 4. The first-order valence-electron chi connectivity index (χ1n) is 7.88. The molecule has 136 valence electrons. The van der Waals surface area contributed by atoms with Gasteiger partial charge in [-0.2, -0.15) is 10.4 Å². The minimum atomic E-state index is -0.705. The summed E-state index contributed by atoms with van der Waals surface area (Å²) in [6, 6.07) is 15.1. The van der Waals surface area contributed by atoms with E-state index in [1.165, 1.54) is 24.3 Å². The summed E-state index contributed by atoms with van der Waals surface area (Å²) in [6.45, 7) is 0. The van der Waals surface area contributed by atoms with Crippen molar-refractivity contribution in [3.63, 3.8) is 0 Å². The number of benzene rings is 2. The maximum Gasteiger partial charge on any atom is 0.282 e. The molecule has 8 heteroatoms. The molecule has 0 aliphatic carbocycles. The maximum atomic E-state index is 12.1. The number of nitro benzene ring substituents is 1. The molecule has 0 spiro atoms. The van der Waals surface area contributed by atoms with Gasteiger partial charge in [-0.15, -0.1) is 0 Å². The number of para-hydroxylation sites is 1. The zero-order chi connectivity index (χ0) is 19.8. The number of nitriles is 1. The second-order valence-electron chi connectivity index (χ2n) is 5.67. The minimum Gasteiger partial charge on any atom is -0.378 e. The van der Waals surface area contributed by atoms with Gasteiger partial charge in [-0.1, -0.05) is 24.3 Å². The first kappa shape index (κ1) is 19.3. The number of rotatable bonds is 6. The minimum absolute atomic E-state index is 0.132. The van der Waals surface area contributed by atoms with Gasteiger partial charge in [0.1, 0.15) is 11.6 Å². The molecule has 0 unspecified atom stereocenters. The summed E-state index contributed by atoms with van der Waals surface area (Å²) in [7, 11) is 3.82. The van der Waals surface area contributed by atoms with E-state index in [-0.39, 0.29) is 16.8 Å². The lowest BCUT2D eigenvalue weighted by molar-refractivity contribution is -0.385. The van der Waals surface area contributed by atoms with Crippen molar-refractivity contribution >= 4 is 29.6 Å². The van der Waals surface area contributed by atoms with Gasteiger partial charge in [0.2, 0.25) is 0 Å². The Morgan fingerprint density at radius 2 is 1.89 bits per heavy atom. The van der Waals surface area contributed by atoms with E-state index >= 15 is 0 Å². The Bertz CT molecular complexity index is 941. The van der Waals surface area contributed by atoms with Gasteiger partial charge in [0.25, 0.3) is 11.6 Å². The van der Waals surface area contributed by atoms with Gasteiger partial charge in [0, 0.05) is 25.8 Å². The van der Waals surface area contributed by atoms with Crippen molar-refractivity contribution in [1.82, 2.24) is 5.43 Å². The van der Waals surface area contributed by atoms with E-state index < -0.39 is 10.8 Å². The lowest BCUT2D eigenvalue weighted by Gasteiger charge is -2.11. The molecule has 0 aliphatic heterocycles. The molecule has 27 heavy (non-hydrogen) atoms. The fraction of sp³-hybridized carbons (Fsp3) is 0.105. The average molecular weight is 363 g/mol. The normalized spacial score (nSPS) is 11.1. The van der Waals surface area contributed by atoms with Crippen LogP contribution in [0.3, 0.4) is 0 Å². The summed E-state index contributed by atoms with van der Waals surface area (Å²) in [5.41, 5.74) is 3.86. The smallest absolute Gasteiger partial charge is 0.282 e. The molecule has 0 atom stereocenters. The number of hydrazone groups is 1. The van der Waals surface area contributed by atoms with Gasteiger partial charge in [0.05, 0.1) is 16.7 Å². The van der Waals surface area contributed by atoms with Crippen LogP contribution in [0.4, 0.5) is 11.4 Å². The number of carbonyl (C=O) groups excluding carboxylic acids is 1. The van der Waals surface area contributed by atoms with Gasteiger partial charge in [0.15, 0.2) is 0 Å². The molecule has 0 bridgehead atoms. The van der Waals surface area contributed by atoms with Crippen LogP contribution in [0, 0.1) is 21.4 Å². The molecule has 2 rings (SSSR count). The lowest BCUT2D eigenvalue weighted by Crippen LogP contribution is -2.19. The highest BCUT2D eigenvalue weighted by Gasteiger charge is 2.11. The van der Waals surface area contributed by atoms with Crippen LogP contribution in [0.15, 0.2) is 59.2 Å². The van der Waals surface area contributed by atoms with Crippen molar-refractivity contribution in [3.05, 3.63) is 75.3 Å². The Balaban J connectivity index is 2.11. The van der Waals surface area contributed by atoms with Gasteiger partial charge in [-0.3, -0.25) is 14.9 Å². The molecule has 1 amide bonds. The molecule has 0 heterocycles. The highest BCUT2D eigenvalue weighted by molar-refractivity contribution is 6.02. The summed E-state index contributed by atoms with van der Waals surface area (Å²) >= 11 is 0. The largest absolute Gasteiger partial charge is 0.378 e. The van der Waals surface area contributed by atoms with E-state index in [0.717, 1.165) is 11.9 Å². The van der Waals surface area contributed by atoms with E-state index in [2.05, 4.69) is 10.5 Å². The number of nitro groups is 1. The summed E-state index contributed by atoms with van der Waals surface area (Å²) in [4.78, 5) is 24.4. The van der Waals surface area contributed by atoms with Crippen molar-refractivity contribution < 1.29 is 9.72 Å². The third-order valence-corrected chi connectivity index (χ3v) is 3.59. The van der Waals surface area contributed by atoms with Crippen molar-refractivity contribution in [2.75, 3.05) is 19.0 Å². The molecule has 1 N–H and O–H groups in total. The Morgan fingerprint density at radius 3 is 2.48 bits per heavy atom. The van der Waals surface area contributed by atoms with Crippen LogP contribution in [0.5, 0.6) is 0 Å². The molecular weight excluding hydrogens is 346 g/mol. The van der Waals surface area contributed by atoms with Crippen LogP contribution in [0.25, 0.3) is 6.08 Å². The first-order valence-corrected chi connectivity index (χ1v) is 7.88. The SMILES string of the molecule is CN(C)c1ccc(C=C(C#N)C(=O)NN=Cc2ccccc2[N+](=O)[O-])cc1. The molecule has 0 aromatic heterocycles. The monoisotopic (exact) mass is 363 g/mol.